The number of hydrogen-bond acceptors (Lipinski definition) is 5. The van der Waals surface area contributed by atoms with Gasteiger partial charge in [0.25, 0.3) is 0 Å². The number of halogens is 3. The summed E-state index contributed by atoms with van der Waals surface area (Å²) >= 11 is 12.7. The van der Waals surface area contributed by atoms with Gasteiger partial charge in [0, 0.05) is 42.3 Å². The molecule has 3 heterocycles. The minimum atomic E-state index is -1.24. The Morgan fingerprint density at radius 2 is 1.90 bits per heavy atom. The first-order valence-corrected chi connectivity index (χ1v) is 15.6. The number of hydrogen-bond donors (Lipinski definition) is 2. The van der Waals surface area contributed by atoms with E-state index in [0.29, 0.717) is 23.7 Å². The van der Waals surface area contributed by atoms with Crippen LogP contribution in [0.5, 0.6) is 0 Å². The summed E-state index contributed by atoms with van der Waals surface area (Å²) in [7, 11) is 1.88. The van der Waals surface area contributed by atoms with Crippen LogP contribution in [0.3, 0.4) is 0 Å². The number of carbonyl (C=O) groups is 2. The number of fused-ring (bicyclic) bond motifs is 2. The molecule has 2 aromatic rings. The van der Waals surface area contributed by atoms with Gasteiger partial charge in [-0.05, 0) is 67.6 Å². The molecule has 2 amide bonds. The molecule has 228 valence electrons. The van der Waals surface area contributed by atoms with Crippen molar-refractivity contribution < 1.29 is 18.7 Å². The molecule has 1 spiro atoms. The first kappa shape index (κ1) is 31.2. The van der Waals surface area contributed by atoms with Crippen LogP contribution in [0.1, 0.15) is 57.1 Å². The van der Waals surface area contributed by atoms with Crippen LogP contribution in [0, 0.1) is 11.2 Å². The number of morpholine rings is 1. The smallest absolute Gasteiger partial charge is 0.238 e. The molecular formula is C32H41Cl2FN4O3. The number of benzene rings is 2. The maximum atomic E-state index is 16.0. The zero-order valence-electron chi connectivity index (χ0n) is 24.8. The number of ether oxygens (including phenoxy) is 1. The molecule has 2 aromatic carbocycles. The highest BCUT2D eigenvalue weighted by molar-refractivity contribution is 6.31. The molecule has 2 fully saturated rings. The van der Waals surface area contributed by atoms with E-state index in [1.807, 2.05) is 18.0 Å². The lowest BCUT2D eigenvalue weighted by Crippen LogP contribution is -2.50. The minimum absolute atomic E-state index is 0.0402. The van der Waals surface area contributed by atoms with Crippen molar-refractivity contribution >= 4 is 40.7 Å². The maximum absolute atomic E-state index is 16.0. The molecule has 10 heteroatoms. The summed E-state index contributed by atoms with van der Waals surface area (Å²) in [6.45, 7) is 11.2. The number of nitrogens with one attached hydrogen (secondary N) is 2. The number of likely N-dealkylation sites (tertiary alicyclic amines) is 1. The van der Waals surface area contributed by atoms with Crippen molar-refractivity contribution in [2.24, 2.45) is 5.41 Å². The van der Waals surface area contributed by atoms with Gasteiger partial charge in [-0.15, -0.1) is 0 Å². The molecule has 0 radical (unpaired) electrons. The van der Waals surface area contributed by atoms with Crippen LogP contribution in [0.2, 0.25) is 10.0 Å². The monoisotopic (exact) mass is 618 g/mol. The maximum Gasteiger partial charge on any atom is 0.238 e. The van der Waals surface area contributed by atoms with Gasteiger partial charge in [-0.1, -0.05) is 62.2 Å². The topological polar surface area (TPSA) is 73.9 Å². The Hall–Kier alpha value is -2.23. The predicted molar refractivity (Wildman–Crippen MR) is 165 cm³/mol. The van der Waals surface area contributed by atoms with E-state index in [4.69, 9.17) is 27.9 Å². The molecule has 5 rings (SSSR count). The zero-order valence-corrected chi connectivity index (χ0v) is 26.3. The second-order valence-electron chi connectivity index (χ2n) is 13.0. The van der Waals surface area contributed by atoms with Gasteiger partial charge in [0.05, 0.1) is 24.3 Å². The van der Waals surface area contributed by atoms with E-state index in [9.17, 15) is 9.59 Å². The second kappa shape index (κ2) is 12.4. The van der Waals surface area contributed by atoms with Gasteiger partial charge in [-0.25, -0.2) is 4.39 Å². The van der Waals surface area contributed by atoms with Gasteiger partial charge < -0.3 is 15.4 Å². The predicted octanol–water partition coefficient (Wildman–Crippen LogP) is 5.45. The van der Waals surface area contributed by atoms with Gasteiger partial charge in [0.15, 0.2) is 0 Å². The van der Waals surface area contributed by atoms with Gasteiger partial charge in [-0.2, -0.15) is 0 Å². The first-order chi connectivity index (χ1) is 19.9. The number of anilines is 1. The lowest BCUT2D eigenvalue weighted by molar-refractivity contribution is -0.126. The van der Waals surface area contributed by atoms with E-state index in [2.05, 4.69) is 36.3 Å². The number of likely N-dealkylation sites (N-methyl/N-ethyl adjacent to an activating group) is 1. The van der Waals surface area contributed by atoms with Crippen LogP contribution in [0.4, 0.5) is 10.1 Å². The molecule has 4 atom stereocenters. The average molecular weight is 620 g/mol. The van der Waals surface area contributed by atoms with E-state index < -0.39 is 29.2 Å². The summed E-state index contributed by atoms with van der Waals surface area (Å²) in [6.07, 6.45) is 2.36. The Balaban J connectivity index is 1.53. The summed E-state index contributed by atoms with van der Waals surface area (Å²) in [4.78, 5) is 32.8. The van der Waals surface area contributed by atoms with Gasteiger partial charge in [0.2, 0.25) is 11.8 Å². The van der Waals surface area contributed by atoms with Crippen molar-refractivity contribution in [3.63, 3.8) is 0 Å². The van der Waals surface area contributed by atoms with Gasteiger partial charge in [-0.3, -0.25) is 19.4 Å². The summed E-state index contributed by atoms with van der Waals surface area (Å²) in [5.41, 5.74) is 0.144. The van der Waals surface area contributed by atoms with E-state index in [1.165, 1.54) is 6.07 Å². The summed E-state index contributed by atoms with van der Waals surface area (Å²) < 4.78 is 21.4. The molecule has 1 unspecified atom stereocenters. The fraction of sp³-hybridized carbons (Fsp3) is 0.562. The lowest BCUT2D eigenvalue weighted by atomic mass is 9.62. The average Bonchev–Trinajstić information content (AvgIpc) is 3.35. The van der Waals surface area contributed by atoms with Gasteiger partial charge in [0.1, 0.15) is 11.2 Å². The molecule has 0 aromatic heterocycles. The van der Waals surface area contributed by atoms with Crippen molar-refractivity contribution in [3.8, 4) is 0 Å². The highest BCUT2D eigenvalue weighted by atomic mass is 35.5. The molecule has 0 saturated carbocycles. The molecule has 3 aliphatic rings. The van der Waals surface area contributed by atoms with Crippen LogP contribution >= 0.6 is 23.2 Å². The van der Waals surface area contributed by atoms with Crippen molar-refractivity contribution in [2.75, 3.05) is 51.8 Å². The molecule has 0 aliphatic carbocycles. The van der Waals surface area contributed by atoms with Crippen molar-refractivity contribution in [2.45, 2.75) is 63.5 Å². The van der Waals surface area contributed by atoms with Crippen LogP contribution in [-0.4, -0.2) is 80.1 Å². The summed E-state index contributed by atoms with van der Waals surface area (Å²) in [5.74, 6) is -1.92. The van der Waals surface area contributed by atoms with Crippen molar-refractivity contribution in [1.82, 2.24) is 15.1 Å². The molecule has 0 bridgehead atoms. The van der Waals surface area contributed by atoms with E-state index in [-0.39, 0.29) is 27.8 Å². The third kappa shape index (κ3) is 5.81. The molecule has 2 N–H and O–H groups in total. The Kier molecular flexibility index (Phi) is 9.22. The van der Waals surface area contributed by atoms with Crippen LogP contribution in [0.25, 0.3) is 0 Å². The highest BCUT2D eigenvalue weighted by Crippen LogP contribution is 2.60. The Morgan fingerprint density at radius 1 is 1.17 bits per heavy atom. The largest absolute Gasteiger partial charge is 0.379 e. The quantitative estimate of drug-likeness (QED) is 0.385. The minimum Gasteiger partial charge on any atom is -0.379 e. The summed E-state index contributed by atoms with van der Waals surface area (Å²) in [5, 5.41) is 6.62. The Bertz CT molecular complexity index is 1330. The van der Waals surface area contributed by atoms with Crippen LogP contribution in [0.15, 0.2) is 36.4 Å². The molecule has 7 nitrogen and oxygen atoms in total. The Morgan fingerprint density at radius 3 is 2.62 bits per heavy atom. The molecule has 3 aliphatic heterocycles. The van der Waals surface area contributed by atoms with Crippen molar-refractivity contribution in [3.05, 3.63) is 63.4 Å². The SMILES string of the molecule is CN1C(CC(C)(C)C)[C@]2(C(=O)Nc3cc(Cl)ccc32)[C@@H](c2cccc(Cl)c2F)[C@@H]1C(=O)NCCCCN1CCOCC1. The zero-order chi connectivity index (χ0) is 30.2. The molecule has 2 saturated heterocycles. The Labute approximate surface area is 258 Å². The van der Waals surface area contributed by atoms with E-state index in [1.54, 1.807) is 24.3 Å². The number of amides is 2. The van der Waals surface area contributed by atoms with Crippen LogP contribution in [-0.2, 0) is 19.7 Å². The lowest BCUT2D eigenvalue weighted by Gasteiger charge is -2.39. The van der Waals surface area contributed by atoms with Crippen molar-refractivity contribution in [1.29, 1.82) is 0 Å². The third-order valence-electron chi connectivity index (χ3n) is 9.01. The van der Waals surface area contributed by atoms with Gasteiger partial charge >= 0.3 is 0 Å². The van der Waals surface area contributed by atoms with E-state index >= 15 is 4.39 Å². The molecule has 42 heavy (non-hydrogen) atoms. The number of rotatable bonds is 8. The van der Waals surface area contributed by atoms with E-state index in [0.717, 1.165) is 51.3 Å². The normalized spacial score (nSPS) is 26.5. The first-order valence-electron chi connectivity index (χ1n) is 14.8. The third-order valence-corrected chi connectivity index (χ3v) is 9.54. The number of nitrogens with zero attached hydrogens (tertiary/aromatic N) is 2. The second-order valence-corrected chi connectivity index (χ2v) is 13.8. The standard InChI is InChI=1S/C32H41Cl2FN4O3/c1-31(2,3)19-25-32(22-11-10-20(33)18-24(22)37-30(32)41)26(21-8-7-9-23(34)27(21)35)28(38(25)4)29(40)36-12-5-6-13-39-14-16-42-17-15-39/h7-11,18,25-26,28H,5-6,12-17,19H2,1-4H3,(H,36,40)(H,37,41)/t25?,26-,28+,32-/m0/s1. The van der Waals surface area contributed by atoms with Crippen LogP contribution < -0.4 is 10.6 Å². The number of carbonyl (C=O) groups excluding carboxylic acids is 2. The summed E-state index contributed by atoms with van der Waals surface area (Å²) in [6, 6.07) is 8.95. The highest BCUT2D eigenvalue weighted by Gasteiger charge is 2.68. The fourth-order valence-electron chi connectivity index (χ4n) is 7.17. The number of unbranched alkanes of at least 4 members (excludes halogenated alkanes) is 1. The fourth-order valence-corrected chi connectivity index (χ4v) is 7.53. The molecular weight excluding hydrogens is 578 g/mol.